The van der Waals surface area contributed by atoms with Crippen LogP contribution in [0.4, 0.5) is 11.4 Å². The zero-order valence-electron chi connectivity index (χ0n) is 24.5. The Hall–Kier alpha value is -2.87. The van der Waals surface area contributed by atoms with Crippen LogP contribution in [0, 0.1) is 28.6 Å². The van der Waals surface area contributed by atoms with Crippen LogP contribution in [-0.2, 0) is 0 Å². The first-order chi connectivity index (χ1) is 18.9. The Morgan fingerprint density at radius 1 is 0.923 bits per heavy atom. The van der Waals surface area contributed by atoms with Crippen LogP contribution in [0.3, 0.4) is 0 Å². The van der Waals surface area contributed by atoms with Crippen molar-refractivity contribution in [1.82, 2.24) is 4.90 Å². The average molecular weight is 549 g/mol. The summed E-state index contributed by atoms with van der Waals surface area (Å²) in [7, 11) is 0. The van der Waals surface area contributed by atoms with Gasteiger partial charge in [-0.05, 0) is 50.9 Å². The van der Waals surface area contributed by atoms with Crippen molar-refractivity contribution in [2.24, 2.45) is 5.92 Å². The molecule has 0 spiro atoms. The number of ether oxygens (including phenoxy) is 2. The van der Waals surface area contributed by atoms with Gasteiger partial charge in [-0.25, -0.2) is 0 Å². The second-order valence-electron chi connectivity index (χ2n) is 10.5. The van der Waals surface area contributed by atoms with Gasteiger partial charge in [0.25, 0.3) is 0 Å². The molecule has 3 rings (SSSR count). The standard InChI is InChI=1S/C32H44N4O2S/c1-7-10-11-14-18-36-27-15-12-13-16-28(27)39-32-29(36)30(38-22-24(6)35(8-2)9-3)25(20-33)26(21-34)31(32)37-19-17-23(4)5/h12-13,15-16,23-24H,7-11,14,17-19,22H2,1-6H3. The maximum absolute atomic E-state index is 10.4. The van der Waals surface area contributed by atoms with Crippen molar-refractivity contribution in [2.75, 3.05) is 37.7 Å². The highest BCUT2D eigenvalue weighted by atomic mass is 32.2. The van der Waals surface area contributed by atoms with Crippen LogP contribution in [0.15, 0.2) is 34.1 Å². The number of benzene rings is 2. The van der Waals surface area contributed by atoms with Crippen LogP contribution in [0.2, 0.25) is 0 Å². The molecular weight excluding hydrogens is 504 g/mol. The smallest absolute Gasteiger partial charge is 0.163 e. The van der Waals surface area contributed by atoms with Crippen molar-refractivity contribution in [3.63, 3.8) is 0 Å². The fourth-order valence-corrected chi connectivity index (χ4v) is 6.18. The second kappa shape index (κ2) is 15.1. The summed E-state index contributed by atoms with van der Waals surface area (Å²) in [5.74, 6) is 1.47. The molecule has 6 nitrogen and oxygen atoms in total. The van der Waals surface area contributed by atoms with Crippen LogP contribution in [0.1, 0.15) is 84.8 Å². The first kappa shape index (κ1) is 30.7. The Bertz CT molecular complexity index is 1180. The zero-order valence-corrected chi connectivity index (χ0v) is 25.4. The molecule has 0 N–H and O–H groups in total. The van der Waals surface area contributed by atoms with Gasteiger partial charge in [0.05, 0.1) is 17.2 Å². The minimum absolute atomic E-state index is 0.163. The zero-order chi connectivity index (χ0) is 28.4. The molecule has 1 atom stereocenters. The third-order valence-electron chi connectivity index (χ3n) is 7.28. The van der Waals surface area contributed by atoms with Gasteiger partial charge in [0, 0.05) is 17.5 Å². The maximum atomic E-state index is 10.4. The molecule has 0 saturated heterocycles. The molecular formula is C32H44N4O2S. The van der Waals surface area contributed by atoms with E-state index in [4.69, 9.17) is 9.47 Å². The van der Waals surface area contributed by atoms with E-state index >= 15 is 0 Å². The lowest BCUT2D eigenvalue weighted by molar-refractivity contribution is 0.158. The van der Waals surface area contributed by atoms with Gasteiger partial charge in [0.15, 0.2) is 11.5 Å². The fraction of sp³-hybridized carbons (Fsp3) is 0.562. The summed E-state index contributed by atoms with van der Waals surface area (Å²) in [6.45, 7) is 16.5. The summed E-state index contributed by atoms with van der Waals surface area (Å²) in [5.41, 5.74) is 2.50. The number of anilines is 2. The quantitative estimate of drug-likeness (QED) is 0.208. The minimum Gasteiger partial charge on any atom is -0.491 e. The van der Waals surface area contributed by atoms with E-state index in [0.717, 1.165) is 60.1 Å². The lowest BCUT2D eigenvalue weighted by Gasteiger charge is -2.36. The number of para-hydroxylation sites is 1. The van der Waals surface area contributed by atoms with E-state index in [1.165, 1.54) is 12.8 Å². The number of unbranched alkanes of at least 4 members (excludes halogenated alkanes) is 3. The topological polar surface area (TPSA) is 72.5 Å². The number of nitriles is 2. The van der Waals surface area contributed by atoms with E-state index in [0.29, 0.717) is 30.6 Å². The summed E-state index contributed by atoms with van der Waals surface area (Å²) >= 11 is 1.61. The number of hydrogen-bond acceptors (Lipinski definition) is 7. The van der Waals surface area contributed by atoms with Crippen molar-refractivity contribution >= 4 is 23.1 Å². The predicted molar refractivity (Wildman–Crippen MR) is 160 cm³/mol. The predicted octanol–water partition coefficient (Wildman–Crippen LogP) is 8.15. The number of likely N-dealkylation sites (N-methyl/N-ethyl adjacent to an activating group) is 1. The van der Waals surface area contributed by atoms with Gasteiger partial charge in [0.1, 0.15) is 35.6 Å². The highest BCUT2D eigenvalue weighted by molar-refractivity contribution is 7.99. The molecule has 0 bridgehead atoms. The highest BCUT2D eigenvalue weighted by Crippen LogP contribution is 2.57. The molecule has 1 unspecified atom stereocenters. The molecule has 0 aliphatic carbocycles. The summed E-state index contributed by atoms with van der Waals surface area (Å²) in [5, 5.41) is 20.7. The normalized spacial score (nSPS) is 13.0. The molecule has 7 heteroatoms. The molecule has 2 aromatic carbocycles. The summed E-state index contributed by atoms with van der Waals surface area (Å²) in [6.07, 6.45) is 5.36. The SMILES string of the molecule is CCCCCCN1c2ccccc2Sc2c(OCCC(C)C)c(C#N)c(C#N)c(OCC(C)N(CC)CC)c21. The van der Waals surface area contributed by atoms with Gasteiger partial charge in [-0.3, -0.25) is 4.90 Å². The average Bonchev–Trinajstić information content (AvgIpc) is 2.94. The van der Waals surface area contributed by atoms with Crippen molar-refractivity contribution in [3.8, 4) is 23.6 Å². The van der Waals surface area contributed by atoms with Crippen LogP contribution in [-0.4, -0.2) is 43.8 Å². The molecule has 39 heavy (non-hydrogen) atoms. The Kier molecular flexibility index (Phi) is 11.8. The van der Waals surface area contributed by atoms with E-state index in [1.54, 1.807) is 11.8 Å². The monoisotopic (exact) mass is 548 g/mol. The van der Waals surface area contributed by atoms with Gasteiger partial charge in [-0.2, -0.15) is 10.5 Å². The van der Waals surface area contributed by atoms with Crippen molar-refractivity contribution < 1.29 is 9.47 Å². The summed E-state index contributed by atoms with van der Waals surface area (Å²) in [6, 6.07) is 13.2. The van der Waals surface area contributed by atoms with E-state index in [9.17, 15) is 10.5 Å². The van der Waals surface area contributed by atoms with Gasteiger partial charge in [0.2, 0.25) is 0 Å². The van der Waals surface area contributed by atoms with Gasteiger partial charge in [-0.15, -0.1) is 0 Å². The molecule has 210 valence electrons. The molecule has 2 aromatic rings. The molecule has 1 aliphatic rings. The van der Waals surface area contributed by atoms with Gasteiger partial charge >= 0.3 is 0 Å². The lowest BCUT2D eigenvalue weighted by atomic mass is 10.0. The number of nitrogens with zero attached hydrogens (tertiary/aromatic N) is 4. The van der Waals surface area contributed by atoms with Gasteiger partial charge in [-0.1, -0.05) is 77.8 Å². The van der Waals surface area contributed by atoms with Crippen molar-refractivity contribution in [1.29, 1.82) is 10.5 Å². The van der Waals surface area contributed by atoms with E-state index < -0.39 is 0 Å². The van der Waals surface area contributed by atoms with Crippen molar-refractivity contribution in [3.05, 3.63) is 35.4 Å². The number of fused-ring (bicyclic) bond motifs is 2. The van der Waals surface area contributed by atoms with Crippen LogP contribution >= 0.6 is 11.8 Å². The minimum atomic E-state index is 0.163. The first-order valence-electron chi connectivity index (χ1n) is 14.5. The van der Waals surface area contributed by atoms with Gasteiger partial charge < -0.3 is 14.4 Å². The number of rotatable bonds is 15. The second-order valence-corrected chi connectivity index (χ2v) is 11.6. The molecule has 0 saturated carbocycles. The van der Waals surface area contributed by atoms with Crippen LogP contribution in [0.5, 0.6) is 11.5 Å². The maximum Gasteiger partial charge on any atom is 0.163 e. The van der Waals surface area contributed by atoms with E-state index in [2.05, 4.69) is 81.7 Å². The van der Waals surface area contributed by atoms with E-state index in [1.807, 2.05) is 6.07 Å². The molecule has 0 aromatic heterocycles. The molecule has 1 heterocycles. The Morgan fingerprint density at radius 2 is 1.62 bits per heavy atom. The van der Waals surface area contributed by atoms with E-state index in [-0.39, 0.29) is 17.2 Å². The molecule has 1 aliphatic heterocycles. The molecule has 0 fully saturated rings. The summed E-state index contributed by atoms with van der Waals surface area (Å²) < 4.78 is 12.9. The van der Waals surface area contributed by atoms with Crippen molar-refractivity contribution in [2.45, 2.75) is 89.5 Å². The Morgan fingerprint density at radius 3 is 2.26 bits per heavy atom. The highest BCUT2D eigenvalue weighted by Gasteiger charge is 2.35. The summed E-state index contributed by atoms with van der Waals surface area (Å²) in [4.78, 5) is 6.62. The third kappa shape index (κ3) is 7.21. The fourth-order valence-electron chi connectivity index (χ4n) is 4.98. The van der Waals surface area contributed by atoms with Crippen LogP contribution < -0.4 is 14.4 Å². The number of hydrogen-bond donors (Lipinski definition) is 0. The van der Waals surface area contributed by atoms with Crippen LogP contribution in [0.25, 0.3) is 0 Å². The largest absolute Gasteiger partial charge is 0.491 e. The first-order valence-corrected chi connectivity index (χ1v) is 15.3. The third-order valence-corrected chi connectivity index (χ3v) is 8.43. The Balaban J connectivity index is 2.20. The molecule has 0 radical (unpaired) electrons. The lowest BCUT2D eigenvalue weighted by Crippen LogP contribution is -2.37. The molecule has 0 amide bonds. The Labute approximate surface area is 239 Å².